The first-order valence-corrected chi connectivity index (χ1v) is 5.13. The van der Waals surface area contributed by atoms with E-state index >= 15 is 0 Å². The number of methoxy groups -OCH3 is 1. The van der Waals surface area contributed by atoms with Gasteiger partial charge in [-0.25, -0.2) is 0 Å². The summed E-state index contributed by atoms with van der Waals surface area (Å²) in [7, 11) is 1.53. The number of ether oxygens (including phenoxy) is 1. The normalized spacial score (nSPS) is 16.1. The fourth-order valence-electron chi connectivity index (χ4n) is 1.37. The minimum Gasteiger partial charge on any atom is -0.375 e. The summed E-state index contributed by atoms with van der Waals surface area (Å²) in [6, 6.07) is 0.342. The summed E-state index contributed by atoms with van der Waals surface area (Å²) in [4.78, 5) is 19.9. The van der Waals surface area contributed by atoms with Gasteiger partial charge in [0.15, 0.2) is 0 Å². The van der Waals surface area contributed by atoms with Gasteiger partial charge in [-0.1, -0.05) is 0 Å². The molecule has 0 saturated carbocycles. The highest BCUT2D eigenvalue weighted by molar-refractivity contribution is 5.77. The van der Waals surface area contributed by atoms with Crippen LogP contribution in [0.2, 0.25) is 0 Å². The molecule has 0 atom stereocenters. The van der Waals surface area contributed by atoms with Crippen LogP contribution < -0.4 is 10.6 Å². The summed E-state index contributed by atoms with van der Waals surface area (Å²) in [5.41, 5.74) is 0. The lowest BCUT2D eigenvalue weighted by atomic mass is 10.1. The lowest BCUT2D eigenvalue weighted by Gasteiger charge is -2.23. The molecule has 0 aliphatic carbocycles. The van der Waals surface area contributed by atoms with E-state index in [0.717, 1.165) is 32.2 Å². The van der Waals surface area contributed by atoms with E-state index in [4.69, 9.17) is 9.53 Å². The zero-order chi connectivity index (χ0) is 11.5. The molecule has 0 radical (unpaired) electrons. The quantitative estimate of drug-likeness (QED) is 0.636. The third kappa shape index (κ3) is 8.08. The Morgan fingerprint density at radius 1 is 1.53 bits per heavy atom. The second-order valence-corrected chi connectivity index (χ2v) is 3.26. The number of aldehydes is 1. The van der Waals surface area contributed by atoms with E-state index in [1.807, 2.05) is 0 Å². The van der Waals surface area contributed by atoms with Crippen molar-refractivity contribution in [3.63, 3.8) is 0 Å². The van der Waals surface area contributed by atoms with E-state index in [1.54, 1.807) is 0 Å². The molecule has 1 amide bonds. The summed E-state index contributed by atoms with van der Waals surface area (Å²) in [6.45, 7) is 3.61. The van der Waals surface area contributed by atoms with Gasteiger partial charge in [0.05, 0.1) is 0 Å². The van der Waals surface area contributed by atoms with Crippen molar-refractivity contribution in [1.82, 2.24) is 10.6 Å². The van der Waals surface area contributed by atoms with Gasteiger partial charge in [-0.15, -0.1) is 0 Å². The molecule has 1 aliphatic heterocycles. The second-order valence-electron chi connectivity index (χ2n) is 3.26. The molecule has 1 aliphatic rings. The van der Waals surface area contributed by atoms with Gasteiger partial charge in [0.25, 0.3) is 0 Å². The molecule has 0 bridgehead atoms. The molecule has 0 aromatic carbocycles. The topological polar surface area (TPSA) is 67.4 Å². The Morgan fingerprint density at radius 2 is 2.07 bits per heavy atom. The molecule has 1 heterocycles. The Bertz CT molecular complexity index is 180. The van der Waals surface area contributed by atoms with Crippen molar-refractivity contribution < 1.29 is 14.3 Å². The smallest absolute Gasteiger partial charge is 0.246 e. The largest absolute Gasteiger partial charge is 0.375 e. The van der Waals surface area contributed by atoms with Gasteiger partial charge in [0, 0.05) is 13.2 Å². The molecule has 1 fully saturated rings. The molecule has 0 aromatic rings. The first-order valence-electron chi connectivity index (χ1n) is 5.13. The van der Waals surface area contributed by atoms with E-state index < -0.39 is 0 Å². The van der Waals surface area contributed by atoms with Crippen LogP contribution in [0.25, 0.3) is 0 Å². The zero-order valence-corrected chi connectivity index (χ0v) is 9.41. The first kappa shape index (κ1) is 14.1. The zero-order valence-electron chi connectivity index (χ0n) is 9.41. The van der Waals surface area contributed by atoms with Crippen LogP contribution in [0.4, 0.5) is 0 Å². The monoisotopic (exact) mass is 216 g/mol. The van der Waals surface area contributed by atoms with Gasteiger partial charge in [0.1, 0.15) is 12.9 Å². The molecule has 15 heavy (non-hydrogen) atoms. The molecule has 88 valence electrons. The molecule has 0 spiro atoms. The molecular formula is C10H20N2O3. The lowest BCUT2D eigenvalue weighted by Crippen LogP contribution is -2.43. The third-order valence-electron chi connectivity index (χ3n) is 1.98. The second kappa shape index (κ2) is 9.61. The number of nitrogens with one attached hydrogen (secondary N) is 2. The maximum absolute atomic E-state index is 11.1. The van der Waals surface area contributed by atoms with E-state index in [1.165, 1.54) is 14.0 Å². The van der Waals surface area contributed by atoms with Gasteiger partial charge in [-0.05, 0) is 32.9 Å². The number of piperidine rings is 1. The Kier molecular flexibility index (Phi) is 9.01. The molecule has 0 unspecified atom stereocenters. The van der Waals surface area contributed by atoms with E-state index in [9.17, 15) is 4.79 Å². The minimum atomic E-state index is -0.00981. The summed E-state index contributed by atoms with van der Waals surface area (Å²) in [5, 5.41) is 6.15. The molecule has 0 aromatic heterocycles. The van der Waals surface area contributed by atoms with Gasteiger partial charge >= 0.3 is 0 Å². The van der Waals surface area contributed by atoms with Crippen molar-refractivity contribution in [2.24, 2.45) is 0 Å². The van der Waals surface area contributed by atoms with Gasteiger partial charge in [-0.3, -0.25) is 4.79 Å². The van der Waals surface area contributed by atoms with Gasteiger partial charge in [-0.2, -0.15) is 0 Å². The number of carbonyl (C=O) groups is 2. The van der Waals surface area contributed by atoms with Crippen LogP contribution in [0, 0.1) is 0 Å². The average molecular weight is 216 g/mol. The van der Waals surface area contributed by atoms with Crippen molar-refractivity contribution >= 4 is 12.2 Å². The van der Waals surface area contributed by atoms with Crippen molar-refractivity contribution in [3.8, 4) is 0 Å². The van der Waals surface area contributed by atoms with Crippen LogP contribution in [0.15, 0.2) is 0 Å². The third-order valence-corrected chi connectivity index (χ3v) is 1.98. The Hall–Kier alpha value is -0.940. The standard InChI is InChI=1S/C8H16N2O2.C2H4O/c1-12-6-8(11)10-7-2-4-9-5-3-7;1-2-3/h7,9H,2-6H2,1H3,(H,10,11);2H,1H3. The van der Waals surface area contributed by atoms with E-state index in [-0.39, 0.29) is 12.5 Å². The predicted octanol–water partition coefficient (Wildman–Crippen LogP) is -0.294. The van der Waals surface area contributed by atoms with Crippen LogP contribution in [0.5, 0.6) is 0 Å². The molecular weight excluding hydrogens is 196 g/mol. The maximum atomic E-state index is 11.1. The number of carbonyl (C=O) groups excluding carboxylic acids is 2. The summed E-state index contributed by atoms with van der Waals surface area (Å²) < 4.78 is 4.72. The van der Waals surface area contributed by atoms with Crippen LogP contribution in [0.1, 0.15) is 19.8 Å². The van der Waals surface area contributed by atoms with E-state index in [2.05, 4.69) is 10.6 Å². The highest BCUT2D eigenvalue weighted by atomic mass is 16.5. The lowest BCUT2D eigenvalue weighted by molar-refractivity contribution is -0.125. The van der Waals surface area contributed by atoms with Gasteiger partial charge in [0.2, 0.25) is 5.91 Å². The first-order chi connectivity index (χ1) is 7.24. The number of rotatable bonds is 3. The van der Waals surface area contributed by atoms with Crippen molar-refractivity contribution in [2.45, 2.75) is 25.8 Å². The van der Waals surface area contributed by atoms with Crippen molar-refractivity contribution in [3.05, 3.63) is 0 Å². The Labute approximate surface area is 90.6 Å². The van der Waals surface area contributed by atoms with Gasteiger partial charge < -0.3 is 20.2 Å². The number of amides is 1. The highest BCUT2D eigenvalue weighted by Crippen LogP contribution is 2.01. The summed E-state index contributed by atoms with van der Waals surface area (Å²) >= 11 is 0. The molecule has 5 nitrogen and oxygen atoms in total. The minimum absolute atomic E-state index is 0.00981. The SMILES string of the molecule is CC=O.COCC(=O)NC1CCNCC1. The predicted molar refractivity (Wildman–Crippen MR) is 57.6 cm³/mol. The van der Waals surface area contributed by atoms with Crippen LogP contribution in [0.3, 0.4) is 0 Å². The maximum Gasteiger partial charge on any atom is 0.246 e. The van der Waals surface area contributed by atoms with Crippen molar-refractivity contribution in [2.75, 3.05) is 26.8 Å². The fraction of sp³-hybridized carbons (Fsp3) is 0.800. The molecule has 2 N–H and O–H groups in total. The Balaban J connectivity index is 0.000000583. The highest BCUT2D eigenvalue weighted by Gasteiger charge is 2.14. The summed E-state index contributed by atoms with van der Waals surface area (Å²) in [5.74, 6) is -0.00981. The number of hydrogen-bond acceptors (Lipinski definition) is 4. The van der Waals surface area contributed by atoms with Crippen molar-refractivity contribution in [1.29, 1.82) is 0 Å². The molecule has 5 heteroatoms. The number of hydrogen-bond donors (Lipinski definition) is 2. The van der Waals surface area contributed by atoms with Crippen LogP contribution in [-0.4, -0.2) is 45.0 Å². The Morgan fingerprint density at radius 3 is 2.53 bits per heavy atom. The fourth-order valence-corrected chi connectivity index (χ4v) is 1.37. The van der Waals surface area contributed by atoms with Crippen LogP contribution >= 0.6 is 0 Å². The van der Waals surface area contributed by atoms with Crippen LogP contribution in [-0.2, 0) is 14.3 Å². The average Bonchev–Trinajstić information content (AvgIpc) is 2.20. The molecule has 1 saturated heterocycles. The summed E-state index contributed by atoms with van der Waals surface area (Å²) in [6.07, 6.45) is 2.80. The molecule has 1 rings (SSSR count). The van der Waals surface area contributed by atoms with E-state index in [0.29, 0.717) is 6.04 Å².